The van der Waals surface area contributed by atoms with Gasteiger partial charge in [-0.1, -0.05) is 23.2 Å². The number of hydrogen-bond donors (Lipinski definition) is 1. The molecule has 1 fully saturated rings. The van der Waals surface area contributed by atoms with E-state index in [1.807, 2.05) is 17.0 Å². The predicted octanol–water partition coefficient (Wildman–Crippen LogP) is 2.69. The molecule has 0 radical (unpaired) electrons. The highest BCUT2D eigenvalue weighted by Crippen LogP contribution is 2.27. The first-order valence-electron chi connectivity index (χ1n) is 4.19. The number of hydrogen-bond acceptors (Lipinski definition) is 1. The maximum atomic E-state index is 5.92. The van der Waals surface area contributed by atoms with Crippen LogP contribution in [-0.2, 0) is 0 Å². The Balaban J connectivity index is 2.32. The molecule has 1 aromatic carbocycles. The minimum absolute atomic E-state index is 0.555. The van der Waals surface area contributed by atoms with E-state index in [4.69, 9.17) is 35.4 Å². The van der Waals surface area contributed by atoms with Crippen molar-refractivity contribution in [1.82, 2.24) is 5.32 Å². The molecule has 0 spiro atoms. The number of thiocarbonyl (C=S) groups is 1. The fraction of sp³-hybridized carbons (Fsp3) is 0.222. The standard InChI is InChI=1S/C9H8Cl2N2S/c10-7-2-1-6(5-8(7)11)13-4-3-12-9(13)14/h1-2,5H,3-4H2,(H,12,14). The Morgan fingerprint density at radius 1 is 1.29 bits per heavy atom. The summed E-state index contributed by atoms with van der Waals surface area (Å²) in [5.74, 6) is 0. The van der Waals surface area contributed by atoms with E-state index in [1.165, 1.54) is 0 Å². The molecule has 14 heavy (non-hydrogen) atoms. The lowest BCUT2D eigenvalue weighted by molar-refractivity contribution is 0.975. The van der Waals surface area contributed by atoms with Crippen molar-refractivity contribution in [1.29, 1.82) is 0 Å². The number of halogens is 2. The molecule has 1 aliphatic rings. The summed E-state index contributed by atoms with van der Waals surface area (Å²) in [6, 6.07) is 5.51. The average molecular weight is 247 g/mol. The van der Waals surface area contributed by atoms with E-state index >= 15 is 0 Å². The quantitative estimate of drug-likeness (QED) is 0.768. The van der Waals surface area contributed by atoms with E-state index in [0.29, 0.717) is 10.0 Å². The molecule has 0 saturated carbocycles. The van der Waals surface area contributed by atoms with E-state index < -0.39 is 0 Å². The molecule has 0 amide bonds. The van der Waals surface area contributed by atoms with Crippen LogP contribution in [0.3, 0.4) is 0 Å². The summed E-state index contributed by atoms with van der Waals surface area (Å²) in [4.78, 5) is 2.00. The Kier molecular flexibility index (Phi) is 2.81. The molecule has 2 rings (SSSR count). The van der Waals surface area contributed by atoms with Gasteiger partial charge in [0.05, 0.1) is 10.0 Å². The van der Waals surface area contributed by atoms with Crippen LogP contribution >= 0.6 is 35.4 Å². The minimum Gasteiger partial charge on any atom is -0.360 e. The second-order valence-corrected chi connectivity index (χ2v) is 4.18. The predicted molar refractivity (Wildman–Crippen MR) is 64.4 cm³/mol. The van der Waals surface area contributed by atoms with Crippen LogP contribution in [0, 0.1) is 0 Å². The molecule has 1 heterocycles. The van der Waals surface area contributed by atoms with Gasteiger partial charge in [-0.15, -0.1) is 0 Å². The molecular weight excluding hydrogens is 239 g/mol. The second kappa shape index (κ2) is 3.93. The highest BCUT2D eigenvalue weighted by Gasteiger charge is 2.17. The smallest absolute Gasteiger partial charge is 0.173 e. The van der Waals surface area contributed by atoms with Crippen molar-refractivity contribution in [2.45, 2.75) is 0 Å². The van der Waals surface area contributed by atoms with Crippen molar-refractivity contribution in [3.8, 4) is 0 Å². The maximum absolute atomic E-state index is 5.92. The van der Waals surface area contributed by atoms with Crippen LogP contribution in [0.5, 0.6) is 0 Å². The molecule has 1 saturated heterocycles. The van der Waals surface area contributed by atoms with Gasteiger partial charge in [-0.05, 0) is 30.4 Å². The van der Waals surface area contributed by atoms with Crippen molar-refractivity contribution in [2.75, 3.05) is 18.0 Å². The van der Waals surface area contributed by atoms with E-state index in [0.717, 1.165) is 23.9 Å². The van der Waals surface area contributed by atoms with Gasteiger partial charge in [0.2, 0.25) is 0 Å². The summed E-state index contributed by atoms with van der Waals surface area (Å²) in [7, 11) is 0. The molecule has 1 aliphatic heterocycles. The van der Waals surface area contributed by atoms with Crippen LogP contribution in [0.2, 0.25) is 10.0 Å². The van der Waals surface area contributed by atoms with Gasteiger partial charge in [-0.25, -0.2) is 0 Å². The maximum Gasteiger partial charge on any atom is 0.173 e. The van der Waals surface area contributed by atoms with Crippen LogP contribution in [0.1, 0.15) is 0 Å². The third-order valence-corrected chi connectivity index (χ3v) is 3.18. The van der Waals surface area contributed by atoms with Crippen LogP contribution in [0.4, 0.5) is 5.69 Å². The Hall–Kier alpha value is -0.510. The second-order valence-electron chi connectivity index (χ2n) is 2.98. The number of benzene rings is 1. The third-order valence-electron chi connectivity index (χ3n) is 2.07. The van der Waals surface area contributed by atoms with Gasteiger partial charge in [-0.2, -0.15) is 0 Å². The Bertz CT molecular complexity index is 381. The van der Waals surface area contributed by atoms with Crippen molar-refractivity contribution in [3.63, 3.8) is 0 Å². The fourth-order valence-electron chi connectivity index (χ4n) is 1.37. The van der Waals surface area contributed by atoms with Crippen LogP contribution in [0.25, 0.3) is 0 Å². The Labute approximate surface area is 97.8 Å². The molecule has 74 valence electrons. The molecule has 5 heteroatoms. The molecule has 1 N–H and O–H groups in total. The summed E-state index contributed by atoms with van der Waals surface area (Å²) < 4.78 is 0. The van der Waals surface area contributed by atoms with Crippen molar-refractivity contribution in [3.05, 3.63) is 28.2 Å². The van der Waals surface area contributed by atoms with E-state index in [9.17, 15) is 0 Å². The average Bonchev–Trinajstić information content (AvgIpc) is 2.57. The number of anilines is 1. The Morgan fingerprint density at radius 3 is 2.64 bits per heavy atom. The first-order valence-corrected chi connectivity index (χ1v) is 5.35. The lowest BCUT2D eigenvalue weighted by Crippen LogP contribution is -2.27. The zero-order chi connectivity index (χ0) is 10.1. The van der Waals surface area contributed by atoms with Crippen LogP contribution < -0.4 is 10.2 Å². The number of rotatable bonds is 1. The van der Waals surface area contributed by atoms with Crippen molar-refractivity contribution < 1.29 is 0 Å². The fourth-order valence-corrected chi connectivity index (χ4v) is 1.96. The summed E-state index contributed by atoms with van der Waals surface area (Å²) in [5.41, 5.74) is 0.981. The molecule has 0 aromatic heterocycles. The SMILES string of the molecule is S=C1NCCN1c1ccc(Cl)c(Cl)c1. The molecule has 0 atom stereocenters. The van der Waals surface area contributed by atoms with E-state index in [1.54, 1.807) is 6.07 Å². The largest absolute Gasteiger partial charge is 0.360 e. The highest BCUT2D eigenvalue weighted by molar-refractivity contribution is 7.80. The first-order chi connectivity index (χ1) is 6.68. The highest BCUT2D eigenvalue weighted by atomic mass is 35.5. The first kappa shape index (κ1) is 10.0. The van der Waals surface area contributed by atoms with Crippen molar-refractivity contribution in [2.24, 2.45) is 0 Å². The zero-order valence-electron chi connectivity index (χ0n) is 7.26. The Morgan fingerprint density at radius 2 is 2.07 bits per heavy atom. The minimum atomic E-state index is 0.555. The topological polar surface area (TPSA) is 15.3 Å². The van der Waals surface area contributed by atoms with E-state index in [-0.39, 0.29) is 0 Å². The van der Waals surface area contributed by atoms with Gasteiger partial charge in [-0.3, -0.25) is 0 Å². The zero-order valence-corrected chi connectivity index (χ0v) is 9.59. The molecule has 1 aromatic rings. The third kappa shape index (κ3) is 1.80. The van der Waals surface area contributed by atoms with Crippen LogP contribution in [-0.4, -0.2) is 18.2 Å². The number of nitrogens with one attached hydrogen (secondary N) is 1. The normalized spacial score (nSPS) is 15.9. The lowest BCUT2D eigenvalue weighted by atomic mass is 10.3. The van der Waals surface area contributed by atoms with Gasteiger partial charge in [0.1, 0.15) is 0 Å². The molecule has 0 unspecified atom stereocenters. The van der Waals surface area contributed by atoms with Gasteiger partial charge in [0, 0.05) is 18.8 Å². The monoisotopic (exact) mass is 246 g/mol. The summed E-state index contributed by atoms with van der Waals surface area (Å²) >= 11 is 16.9. The van der Waals surface area contributed by atoms with E-state index in [2.05, 4.69) is 5.32 Å². The molecule has 2 nitrogen and oxygen atoms in total. The van der Waals surface area contributed by atoms with Gasteiger partial charge < -0.3 is 10.2 Å². The number of nitrogens with zero attached hydrogens (tertiary/aromatic N) is 1. The van der Waals surface area contributed by atoms with Gasteiger partial charge in [0.25, 0.3) is 0 Å². The molecule has 0 aliphatic carbocycles. The summed E-state index contributed by atoms with van der Waals surface area (Å²) in [6.45, 7) is 1.75. The van der Waals surface area contributed by atoms with Gasteiger partial charge in [0.15, 0.2) is 5.11 Å². The lowest BCUT2D eigenvalue weighted by Gasteiger charge is -2.16. The summed E-state index contributed by atoms with van der Waals surface area (Å²) in [6.07, 6.45) is 0. The molecule has 0 bridgehead atoms. The van der Waals surface area contributed by atoms with Gasteiger partial charge >= 0.3 is 0 Å². The van der Waals surface area contributed by atoms with Crippen molar-refractivity contribution >= 4 is 46.2 Å². The summed E-state index contributed by atoms with van der Waals surface area (Å²) in [5, 5.41) is 4.94. The van der Waals surface area contributed by atoms with Crippen LogP contribution in [0.15, 0.2) is 18.2 Å². The molecular formula is C9H8Cl2N2S.